The van der Waals surface area contributed by atoms with Crippen LogP contribution in [0.25, 0.3) is 0 Å². The number of esters is 1. The molecule has 3 heteroatoms. The van der Waals surface area contributed by atoms with Gasteiger partial charge in [0.25, 0.3) is 0 Å². The Balaban J connectivity index is 1.87. The van der Waals surface area contributed by atoms with E-state index in [1.54, 1.807) is 0 Å². The predicted molar refractivity (Wildman–Crippen MR) is 76.6 cm³/mol. The van der Waals surface area contributed by atoms with Gasteiger partial charge < -0.3 is 10.5 Å². The van der Waals surface area contributed by atoms with Gasteiger partial charge in [-0.2, -0.15) is 0 Å². The molecule has 1 saturated carbocycles. The van der Waals surface area contributed by atoms with Gasteiger partial charge in [0.05, 0.1) is 6.42 Å². The minimum absolute atomic E-state index is 0.0901. The van der Waals surface area contributed by atoms with Crippen molar-refractivity contribution in [2.24, 2.45) is 11.8 Å². The van der Waals surface area contributed by atoms with Gasteiger partial charge >= 0.3 is 5.97 Å². The first-order chi connectivity index (χ1) is 9.02. The van der Waals surface area contributed by atoms with Crippen molar-refractivity contribution in [1.82, 2.24) is 0 Å². The van der Waals surface area contributed by atoms with Gasteiger partial charge in [0.15, 0.2) is 0 Å². The van der Waals surface area contributed by atoms with Crippen molar-refractivity contribution in [2.75, 3.05) is 5.73 Å². The lowest BCUT2D eigenvalue weighted by molar-refractivity contribution is -0.151. The summed E-state index contributed by atoms with van der Waals surface area (Å²) in [7, 11) is 0. The minimum atomic E-state index is -0.142. The van der Waals surface area contributed by atoms with Crippen LogP contribution in [0.4, 0.5) is 5.69 Å². The van der Waals surface area contributed by atoms with Gasteiger partial charge in [-0.1, -0.05) is 26.0 Å². The zero-order valence-corrected chi connectivity index (χ0v) is 11.8. The van der Waals surface area contributed by atoms with E-state index in [1.165, 1.54) is 6.42 Å². The molecule has 0 spiro atoms. The molecule has 0 bridgehead atoms. The van der Waals surface area contributed by atoms with E-state index in [1.807, 2.05) is 24.3 Å². The van der Waals surface area contributed by atoms with E-state index in [0.29, 0.717) is 23.9 Å². The minimum Gasteiger partial charge on any atom is -0.462 e. The van der Waals surface area contributed by atoms with Crippen LogP contribution in [0.1, 0.15) is 38.7 Å². The molecule has 3 nitrogen and oxygen atoms in total. The highest BCUT2D eigenvalue weighted by molar-refractivity contribution is 5.73. The first-order valence-corrected chi connectivity index (χ1v) is 7.07. The van der Waals surface area contributed by atoms with Crippen LogP contribution in [0.3, 0.4) is 0 Å². The van der Waals surface area contributed by atoms with Gasteiger partial charge in [-0.15, -0.1) is 0 Å². The summed E-state index contributed by atoms with van der Waals surface area (Å²) in [6, 6.07) is 7.42. The maximum absolute atomic E-state index is 11.9. The third-order valence-electron chi connectivity index (χ3n) is 3.73. The summed E-state index contributed by atoms with van der Waals surface area (Å²) in [6.07, 6.45) is 3.63. The smallest absolute Gasteiger partial charge is 0.310 e. The maximum Gasteiger partial charge on any atom is 0.310 e. The first-order valence-electron chi connectivity index (χ1n) is 7.07. The maximum atomic E-state index is 11.9. The normalized spacial score (nSPS) is 26.9. The molecule has 1 aromatic rings. The van der Waals surface area contributed by atoms with Gasteiger partial charge in [-0.25, -0.2) is 0 Å². The highest BCUT2D eigenvalue weighted by Gasteiger charge is 2.26. The monoisotopic (exact) mass is 261 g/mol. The van der Waals surface area contributed by atoms with Crippen molar-refractivity contribution in [1.29, 1.82) is 0 Å². The lowest BCUT2D eigenvalue weighted by atomic mass is 9.82. The highest BCUT2D eigenvalue weighted by Crippen LogP contribution is 2.30. The molecular weight excluding hydrogens is 238 g/mol. The van der Waals surface area contributed by atoms with E-state index < -0.39 is 0 Å². The van der Waals surface area contributed by atoms with Gasteiger partial charge in [0, 0.05) is 5.69 Å². The third-order valence-corrected chi connectivity index (χ3v) is 3.73. The third kappa shape index (κ3) is 4.27. The van der Waals surface area contributed by atoms with Crippen LogP contribution in [-0.4, -0.2) is 12.1 Å². The lowest BCUT2D eigenvalue weighted by Gasteiger charge is -2.31. The van der Waals surface area contributed by atoms with E-state index >= 15 is 0 Å². The largest absolute Gasteiger partial charge is 0.462 e. The molecule has 0 saturated heterocycles. The molecule has 0 amide bonds. The number of nitrogen functional groups attached to an aromatic ring is 1. The quantitative estimate of drug-likeness (QED) is 0.671. The van der Waals surface area contributed by atoms with Gasteiger partial charge in [0.1, 0.15) is 6.10 Å². The van der Waals surface area contributed by atoms with Gasteiger partial charge in [-0.3, -0.25) is 4.79 Å². The standard InChI is InChI=1S/C16H23NO2/c1-11-6-12(2)8-15(7-11)19-16(18)10-13-4-3-5-14(17)9-13/h3-5,9,11-12,15H,6-8,10,17H2,1-2H3. The number of rotatable bonds is 3. The summed E-state index contributed by atoms with van der Waals surface area (Å²) < 4.78 is 5.60. The summed E-state index contributed by atoms with van der Waals surface area (Å²) >= 11 is 0. The Hall–Kier alpha value is -1.51. The average molecular weight is 261 g/mol. The highest BCUT2D eigenvalue weighted by atomic mass is 16.5. The second kappa shape index (κ2) is 6.09. The average Bonchev–Trinajstić information content (AvgIpc) is 2.26. The van der Waals surface area contributed by atoms with Crippen molar-refractivity contribution < 1.29 is 9.53 Å². The molecule has 19 heavy (non-hydrogen) atoms. The molecule has 0 radical (unpaired) electrons. The molecule has 104 valence electrons. The molecular formula is C16H23NO2. The number of benzene rings is 1. The summed E-state index contributed by atoms with van der Waals surface area (Å²) in [5, 5.41) is 0. The van der Waals surface area contributed by atoms with E-state index in [0.717, 1.165) is 18.4 Å². The molecule has 1 aliphatic rings. The zero-order chi connectivity index (χ0) is 13.8. The Morgan fingerprint density at radius 3 is 2.58 bits per heavy atom. The summed E-state index contributed by atoms with van der Waals surface area (Å²) in [6.45, 7) is 4.46. The van der Waals surface area contributed by atoms with Crippen molar-refractivity contribution in [2.45, 2.75) is 45.6 Å². The van der Waals surface area contributed by atoms with Crippen LogP contribution in [0.15, 0.2) is 24.3 Å². The van der Waals surface area contributed by atoms with Crippen molar-refractivity contribution >= 4 is 11.7 Å². The van der Waals surface area contributed by atoms with Crippen molar-refractivity contribution in [3.05, 3.63) is 29.8 Å². The number of hydrogen-bond acceptors (Lipinski definition) is 3. The predicted octanol–water partition coefficient (Wildman–Crippen LogP) is 3.18. The van der Waals surface area contributed by atoms with Crippen LogP contribution in [0.2, 0.25) is 0 Å². The van der Waals surface area contributed by atoms with Crippen LogP contribution < -0.4 is 5.73 Å². The van der Waals surface area contributed by atoms with Gasteiger partial charge in [0.2, 0.25) is 0 Å². The molecule has 2 unspecified atom stereocenters. The molecule has 2 N–H and O–H groups in total. The van der Waals surface area contributed by atoms with E-state index in [-0.39, 0.29) is 12.1 Å². The van der Waals surface area contributed by atoms with E-state index in [4.69, 9.17) is 10.5 Å². The summed E-state index contributed by atoms with van der Waals surface area (Å²) in [5.74, 6) is 1.15. The fourth-order valence-electron chi connectivity index (χ4n) is 3.07. The second-order valence-corrected chi connectivity index (χ2v) is 5.95. The Bertz CT molecular complexity index is 434. The molecule has 2 rings (SSSR count). The summed E-state index contributed by atoms with van der Waals surface area (Å²) in [4.78, 5) is 11.9. The topological polar surface area (TPSA) is 52.3 Å². The summed E-state index contributed by atoms with van der Waals surface area (Å²) in [5.41, 5.74) is 7.31. The Labute approximate surface area is 115 Å². The SMILES string of the molecule is CC1CC(C)CC(OC(=O)Cc2cccc(N)c2)C1. The Morgan fingerprint density at radius 2 is 1.95 bits per heavy atom. The lowest BCUT2D eigenvalue weighted by Crippen LogP contribution is -2.29. The van der Waals surface area contributed by atoms with E-state index in [2.05, 4.69) is 13.8 Å². The number of carbonyl (C=O) groups is 1. The number of anilines is 1. The molecule has 2 atom stereocenters. The molecule has 0 heterocycles. The number of carbonyl (C=O) groups excluding carboxylic acids is 1. The molecule has 0 aromatic heterocycles. The molecule has 0 aliphatic heterocycles. The van der Waals surface area contributed by atoms with Gasteiger partial charge in [-0.05, 0) is 48.8 Å². The molecule has 1 aliphatic carbocycles. The van der Waals surface area contributed by atoms with Crippen LogP contribution in [-0.2, 0) is 16.0 Å². The van der Waals surface area contributed by atoms with Crippen LogP contribution in [0.5, 0.6) is 0 Å². The zero-order valence-electron chi connectivity index (χ0n) is 11.8. The Morgan fingerprint density at radius 1 is 1.26 bits per heavy atom. The first kappa shape index (κ1) is 13.9. The second-order valence-electron chi connectivity index (χ2n) is 5.95. The van der Waals surface area contributed by atoms with E-state index in [9.17, 15) is 4.79 Å². The number of hydrogen-bond donors (Lipinski definition) is 1. The van der Waals surface area contributed by atoms with Crippen molar-refractivity contribution in [3.8, 4) is 0 Å². The van der Waals surface area contributed by atoms with Crippen LogP contribution >= 0.6 is 0 Å². The van der Waals surface area contributed by atoms with Crippen molar-refractivity contribution in [3.63, 3.8) is 0 Å². The number of ether oxygens (including phenoxy) is 1. The Kier molecular flexibility index (Phi) is 4.46. The molecule has 1 fully saturated rings. The fourth-order valence-corrected chi connectivity index (χ4v) is 3.07. The fraction of sp³-hybridized carbons (Fsp3) is 0.562. The van der Waals surface area contributed by atoms with Crippen LogP contribution in [0, 0.1) is 11.8 Å². The molecule has 1 aromatic carbocycles. The number of nitrogens with two attached hydrogens (primary N) is 1.